The molecule has 1 heterocycles. The van der Waals surface area contributed by atoms with Crippen molar-refractivity contribution in [1.82, 2.24) is 4.98 Å². The maximum absolute atomic E-state index is 11.2. The first-order valence-electron chi connectivity index (χ1n) is 8.53. The molecule has 0 aliphatic carbocycles. The molecule has 3 aromatic rings. The Bertz CT molecular complexity index is 1010. The fourth-order valence-corrected chi connectivity index (χ4v) is 2.75. The molecular weight excluding hydrogens is 344 g/mol. The predicted octanol–water partition coefficient (Wildman–Crippen LogP) is 4.44. The summed E-state index contributed by atoms with van der Waals surface area (Å²) in [5, 5.41) is 24.0. The SMILES string of the molecule is CCC(C#N)Oc1cccc(CNc2ccc([N+](=O)[O-])c3cccnc23)c1. The van der Waals surface area contributed by atoms with Crippen LogP contribution in [0.4, 0.5) is 11.4 Å². The Labute approximate surface area is 156 Å². The number of nitro groups is 1. The third-order valence-corrected chi connectivity index (χ3v) is 4.12. The maximum Gasteiger partial charge on any atom is 0.278 e. The van der Waals surface area contributed by atoms with Crippen molar-refractivity contribution in [2.24, 2.45) is 0 Å². The second kappa shape index (κ2) is 8.15. The zero-order valence-electron chi connectivity index (χ0n) is 14.8. The van der Waals surface area contributed by atoms with E-state index in [0.717, 1.165) is 5.56 Å². The van der Waals surface area contributed by atoms with Gasteiger partial charge in [0.15, 0.2) is 6.10 Å². The summed E-state index contributed by atoms with van der Waals surface area (Å²) < 4.78 is 5.64. The van der Waals surface area contributed by atoms with E-state index in [0.29, 0.717) is 35.3 Å². The fourth-order valence-electron chi connectivity index (χ4n) is 2.75. The molecule has 7 nitrogen and oxygen atoms in total. The first-order valence-corrected chi connectivity index (χ1v) is 8.53. The number of anilines is 1. The quantitative estimate of drug-likeness (QED) is 0.493. The number of non-ortho nitro benzene ring substituents is 1. The zero-order valence-corrected chi connectivity index (χ0v) is 14.8. The number of pyridine rings is 1. The molecular formula is C20H18N4O3. The van der Waals surface area contributed by atoms with Crippen molar-refractivity contribution in [3.63, 3.8) is 0 Å². The highest BCUT2D eigenvalue weighted by Gasteiger charge is 2.14. The molecule has 0 fully saturated rings. The minimum atomic E-state index is -0.476. The topological polar surface area (TPSA) is 101 Å². The molecule has 2 aromatic carbocycles. The Hall–Kier alpha value is -3.66. The predicted molar refractivity (Wildman–Crippen MR) is 102 cm³/mol. The molecule has 0 aliphatic rings. The first kappa shape index (κ1) is 18.1. The average molecular weight is 362 g/mol. The normalized spacial score (nSPS) is 11.6. The van der Waals surface area contributed by atoms with E-state index >= 15 is 0 Å². The van der Waals surface area contributed by atoms with Gasteiger partial charge in [0, 0.05) is 18.8 Å². The number of fused-ring (bicyclic) bond motifs is 1. The van der Waals surface area contributed by atoms with Gasteiger partial charge in [-0.3, -0.25) is 15.1 Å². The first-order chi connectivity index (χ1) is 13.1. The van der Waals surface area contributed by atoms with Crippen LogP contribution in [-0.2, 0) is 6.54 Å². The highest BCUT2D eigenvalue weighted by atomic mass is 16.6. The number of nitro benzene ring substituents is 1. The van der Waals surface area contributed by atoms with E-state index in [1.165, 1.54) is 6.07 Å². The van der Waals surface area contributed by atoms with Gasteiger partial charge in [-0.2, -0.15) is 5.26 Å². The monoisotopic (exact) mass is 362 g/mol. The average Bonchev–Trinajstić information content (AvgIpc) is 2.70. The summed E-state index contributed by atoms with van der Waals surface area (Å²) in [5.41, 5.74) is 2.25. The number of aromatic nitrogens is 1. The molecule has 1 aromatic heterocycles. The summed E-state index contributed by atoms with van der Waals surface area (Å²) >= 11 is 0. The van der Waals surface area contributed by atoms with Crippen molar-refractivity contribution in [2.75, 3.05) is 5.32 Å². The Balaban J connectivity index is 1.81. The Morgan fingerprint density at radius 1 is 1.30 bits per heavy atom. The van der Waals surface area contributed by atoms with Crippen LogP contribution in [0.2, 0.25) is 0 Å². The molecule has 1 N–H and O–H groups in total. The van der Waals surface area contributed by atoms with Crippen molar-refractivity contribution in [3.05, 3.63) is 70.4 Å². The van der Waals surface area contributed by atoms with Gasteiger partial charge in [0.05, 0.1) is 16.0 Å². The minimum Gasteiger partial charge on any atom is -0.476 e. The van der Waals surface area contributed by atoms with Crippen LogP contribution in [0, 0.1) is 21.4 Å². The van der Waals surface area contributed by atoms with Crippen molar-refractivity contribution < 1.29 is 9.66 Å². The number of benzene rings is 2. The number of rotatable bonds is 7. The zero-order chi connectivity index (χ0) is 19.2. The summed E-state index contributed by atoms with van der Waals surface area (Å²) in [7, 11) is 0. The summed E-state index contributed by atoms with van der Waals surface area (Å²) in [5.74, 6) is 0.634. The van der Waals surface area contributed by atoms with Crippen LogP contribution in [0.3, 0.4) is 0 Å². The molecule has 27 heavy (non-hydrogen) atoms. The lowest BCUT2D eigenvalue weighted by Gasteiger charge is -2.13. The van der Waals surface area contributed by atoms with Gasteiger partial charge in [-0.15, -0.1) is 0 Å². The fraction of sp³-hybridized carbons (Fsp3) is 0.200. The van der Waals surface area contributed by atoms with E-state index in [1.807, 2.05) is 31.2 Å². The maximum atomic E-state index is 11.2. The lowest BCUT2D eigenvalue weighted by atomic mass is 10.1. The van der Waals surface area contributed by atoms with Gasteiger partial charge in [-0.25, -0.2) is 0 Å². The summed E-state index contributed by atoms with van der Waals surface area (Å²) in [4.78, 5) is 15.1. The molecule has 0 spiro atoms. The smallest absolute Gasteiger partial charge is 0.278 e. The second-order valence-corrected chi connectivity index (χ2v) is 5.93. The van der Waals surface area contributed by atoms with Crippen LogP contribution in [0.1, 0.15) is 18.9 Å². The molecule has 0 radical (unpaired) electrons. The number of nitrogens with zero attached hydrogens (tertiary/aromatic N) is 3. The number of nitriles is 1. The lowest BCUT2D eigenvalue weighted by Crippen LogP contribution is -2.12. The molecule has 3 rings (SSSR count). The molecule has 0 saturated carbocycles. The van der Waals surface area contributed by atoms with E-state index in [-0.39, 0.29) is 5.69 Å². The molecule has 136 valence electrons. The van der Waals surface area contributed by atoms with Crippen LogP contribution < -0.4 is 10.1 Å². The van der Waals surface area contributed by atoms with Crippen molar-refractivity contribution in [1.29, 1.82) is 5.26 Å². The van der Waals surface area contributed by atoms with Crippen molar-refractivity contribution >= 4 is 22.3 Å². The van der Waals surface area contributed by atoms with Crippen LogP contribution in [0.15, 0.2) is 54.7 Å². The van der Waals surface area contributed by atoms with Gasteiger partial charge in [0.1, 0.15) is 17.3 Å². The molecule has 1 unspecified atom stereocenters. The van der Waals surface area contributed by atoms with E-state index < -0.39 is 11.0 Å². The van der Waals surface area contributed by atoms with Gasteiger partial charge in [0.25, 0.3) is 5.69 Å². The molecule has 0 bridgehead atoms. The Kier molecular flexibility index (Phi) is 5.47. The van der Waals surface area contributed by atoms with Gasteiger partial charge in [0.2, 0.25) is 0 Å². The lowest BCUT2D eigenvalue weighted by molar-refractivity contribution is -0.383. The number of hydrogen-bond acceptors (Lipinski definition) is 6. The second-order valence-electron chi connectivity index (χ2n) is 5.93. The Morgan fingerprint density at radius 3 is 2.89 bits per heavy atom. The van der Waals surface area contributed by atoms with E-state index in [4.69, 9.17) is 10.00 Å². The highest BCUT2D eigenvalue weighted by molar-refractivity contribution is 5.96. The molecule has 1 atom stereocenters. The van der Waals surface area contributed by atoms with E-state index in [1.54, 1.807) is 24.4 Å². The van der Waals surface area contributed by atoms with Crippen LogP contribution >= 0.6 is 0 Å². The summed E-state index contributed by atoms with van der Waals surface area (Å²) in [6, 6.07) is 16.1. The molecule has 0 aliphatic heterocycles. The number of ether oxygens (including phenoxy) is 1. The van der Waals surface area contributed by atoms with E-state index in [2.05, 4.69) is 16.4 Å². The third-order valence-electron chi connectivity index (χ3n) is 4.12. The van der Waals surface area contributed by atoms with Crippen LogP contribution in [-0.4, -0.2) is 16.0 Å². The van der Waals surface area contributed by atoms with Crippen molar-refractivity contribution in [3.8, 4) is 11.8 Å². The summed E-state index contributed by atoms with van der Waals surface area (Å²) in [6.45, 7) is 2.38. The van der Waals surface area contributed by atoms with Gasteiger partial charge in [-0.1, -0.05) is 19.1 Å². The summed E-state index contributed by atoms with van der Waals surface area (Å²) in [6.07, 6.45) is 1.74. The van der Waals surface area contributed by atoms with Crippen LogP contribution in [0.5, 0.6) is 5.75 Å². The molecule has 7 heteroatoms. The van der Waals surface area contributed by atoms with E-state index in [9.17, 15) is 10.1 Å². The van der Waals surface area contributed by atoms with Gasteiger partial charge < -0.3 is 10.1 Å². The Morgan fingerprint density at radius 2 is 2.15 bits per heavy atom. The molecule has 0 saturated heterocycles. The standard InChI is InChI=1S/C20H18N4O3/c1-2-15(12-21)27-16-6-3-5-14(11-16)13-23-18-8-9-19(24(25)26)17-7-4-10-22-20(17)18/h3-11,15,23H,2,13H2,1H3. The highest BCUT2D eigenvalue weighted by Crippen LogP contribution is 2.30. The van der Waals surface area contributed by atoms with Gasteiger partial charge >= 0.3 is 0 Å². The number of nitrogens with one attached hydrogen (secondary N) is 1. The van der Waals surface area contributed by atoms with Gasteiger partial charge in [-0.05, 0) is 42.3 Å². The van der Waals surface area contributed by atoms with Crippen LogP contribution in [0.25, 0.3) is 10.9 Å². The largest absolute Gasteiger partial charge is 0.476 e. The molecule has 0 amide bonds. The number of hydrogen-bond donors (Lipinski definition) is 1. The van der Waals surface area contributed by atoms with Crippen molar-refractivity contribution in [2.45, 2.75) is 26.0 Å². The third kappa shape index (κ3) is 4.12. The minimum absolute atomic E-state index is 0.0289.